The number of fused-ring (bicyclic) bond motifs is 2. The number of aromatic amines is 1. The quantitative estimate of drug-likeness (QED) is 0.486. The first kappa shape index (κ1) is 16.6. The topological polar surface area (TPSA) is 109 Å². The van der Waals surface area contributed by atoms with E-state index in [0.717, 1.165) is 4.90 Å². The van der Waals surface area contributed by atoms with Gasteiger partial charge in [-0.1, -0.05) is 12.2 Å². The number of amides is 2. The number of nitrogens with zero attached hydrogens (tertiary/aromatic N) is 2. The van der Waals surface area contributed by atoms with Crippen LogP contribution in [0.5, 0.6) is 0 Å². The first-order valence-corrected chi connectivity index (χ1v) is 9.05. The molecule has 26 heavy (non-hydrogen) atoms. The Morgan fingerprint density at radius 1 is 1.23 bits per heavy atom. The Kier molecular flexibility index (Phi) is 4.15. The van der Waals surface area contributed by atoms with Crippen LogP contribution in [0.4, 0.5) is 0 Å². The summed E-state index contributed by atoms with van der Waals surface area (Å²) in [4.78, 5) is 56.3. The third-order valence-electron chi connectivity index (χ3n) is 4.62. The molecule has 0 aromatic carbocycles. The summed E-state index contributed by atoms with van der Waals surface area (Å²) in [6, 6.07) is 1.71. The number of carbonyl (C=O) groups excluding carboxylic acids is 3. The monoisotopic (exact) mass is 373 g/mol. The van der Waals surface area contributed by atoms with E-state index in [1.807, 2.05) is 12.2 Å². The Bertz CT molecular complexity index is 966. The van der Waals surface area contributed by atoms with Crippen molar-refractivity contribution >= 4 is 39.3 Å². The van der Waals surface area contributed by atoms with Crippen molar-refractivity contribution in [2.45, 2.75) is 19.4 Å². The molecule has 0 spiro atoms. The van der Waals surface area contributed by atoms with Crippen LogP contribution in [0.1, 0.15) is 18.7 Å². The lowest BCUT2D eigenvalue weighted by molar-refractivity contribution is -0.154. The molecule has 0 bridgehead atoms. The van der Waals surface area contributed by atoms with Crippen LogP contribution >= 0.6 is 11.3 Å². The third-order valence-corrected chi connectivity index (χ3v) is 5.52. The minimum atomic E-state index is -0.716. The second-order valence-electron chi connectivity index (χ2n) is 6.23. The third kappa shape index (κ3) is 2.84. The van der Waals surface area contributed by atoms with Crippen LogP contribution in [-0.2, 0) is 25.7 Å². The minimum absolute atomic E-state index is 0.214. The molecular formula is C17H15N3O5S. The molecule has 2 aromatic heterocycles. The lowest BCUT2D eigenvalue weighted by Gasteiger charge is -2.14. The molecule has 1 fully saturated rings. The van der Waals surface area contributed by atoms with E-state index >= 15 is 0 Å². The molecule has 0 radical (unpaired) electrons. The predicted octanol–water partition coefficient (Wildman–Crippen LogP) is 0.979. The molecule has 0 unspecified atom stereocenters. The Morgan fingerprint density at radius 2 is 1.92 bits per heavy atom. The molecule has 1 N–H and O–H groups in total. The lowest BCUT2D eigenvalue weighted by atomic mass is 9.85. The molecule has 2 atom stereocenters. The second kappa shape index (κ2) is 6.49. The standard InChI is InChI=1S/C17H15N3O5S/c21-13(7-20-16(23)9-3-1-2-4-10(9)17(20)24)25-8-12-18-11-5-6-26-14(11)15(22)19-12/h1-2,5-6,9-10H,3-4,7-8H2,(H,18,19,22)/t9-,10+. The maximum Gasteiger partial charge on any atom is 0.326 e. The molecular weight excluding hydrogens is 358 g/mol. The number of nitrogens with one attached hydrogen (secondary N) is 1. The van der Waals surface area contributed by atoms with Crippen LogP contribution in [-0.4, -0.2) is 39.2 Å². The number of ether oxygens (including phenoxy) is 1. The lowest BCUT2D eigenvalue weighted by Crippen LogP contribution is -2.36. The van der Waals surface area contributed by atoms with Crippen LogP contribution in [0.15, 0.2) is 28.4 Å². The van der Waals surface area contributed by atoms with Crippen molar-refractivity contribution in [3.05, 3.63) is 39.8 Å². The first-order chi connectivity index (χ1) is 12.5. The summed E-state index contributed by atoms with van der Waals surface area (Å²) in [7, 11) is 0. The maximum atomic E-state index is 12.3. The summed E-state index contributed by atoms with van der Waals surface area (Å²) in [5.74, 6) is -1.91. The van der Waals surface area contributed by atoms with Crippen molar-refractivity contribution in [3.63, 3.8) is 0 Å². The normalized spacial score (nSPS) is 22.1. The number of rotatable bonds is 4. The zero-order valence-electron chi connectivity index (χ0n) is 13.6. The highest BCUT2D eigenvalue weighted by Crippen LogP contribution is 2.34. The number of imide groups is 1. The van der Waals surface area contributed by atoms with Gasteiger partial charge >= 0.3 is 5.97 Å². The Morgan fingerprint density at radius 3 is 2.62 bits per heavy atom. The molecule has 2 aliphatic rings. The first-order valence-electron chi connectivity index (χ1n) is 8.17. The molecule has 3 heterocycles. The van der Waals surface area contributed by atoms with Gasteiger partial charge in [-0.15, -0.1) is 11.3 Å². The van der Waals surface area contributed by atoms with Gasteiger partial charge in [0.25, 0.3) is 5.56 Å². The molecule has 1 aliphatic carbocycles. The van der Waals surface area contributed by atoms with Crippen LogP contribution in [0.25, 0.3) is 10.2 Å². The summed E-state index contributed by atoms with van der Waals surface area (Å²) in [6.07, 6.45) is 4.81. The van der Waals surface area contributed by atoms with E-state index in [1.165, 1.54) is 11.3 Å². The van der Waals surface area contributed by atoms with Crippen LogP contribution in [0.3, 0.4) is 0 Å². The van der Waals surface area contributed by atoms with E-state index in [1.54, 1.807) is 11.4 Å². The van der Waals surface area contributed by atoms with Crippen LogP contribution in [0, 0.1) is 11.8 Å². The van der Waals surface area contributed by atoms with Gasteiger partial charge in [0.2, 0.25) is 11.8 Å². The molecule has 0 saturated carbocycles. The summed E-state index contributed by atoms with van der Waals surface area (Å²) < 4.78 is 5.59. The number of hydrogen-bond donors (Lipinski definition) is 1. The van der Waals surface area contributed by atoms with Crippen molar-refractivity contribution < 1.29 is 19.1 Å². The molecule has 2 amide bonds. The zero-order valence-corrected chi connectivity index (χ0v) is 14.5. The van der Waals surface area contributed by atoms with Crippen molar-refractivity contribution in [2.75, 3.05) is 6.54 Å². The molecule has 4 rings (SSSR count). The van der Waals surface area contributed by atoms with E-state index < -0.39 is 12.5 Å². The molecule has 2 aromatic rings. The number of carbonyl (C=O) groups is 3. The number of H-pyrrole nitrogens is 1. The maximum absolute atomic E-state index is 12.3. The number of hydrogen-bond acceptors (Lipinski definition) is 7. The van der Waals surface area contributed by atoms with Crippen LogP contribution in [0.2, 0.25) is 0 Å². The molecule has 8 nitrogen and oxygen atoms in total. The number of aromatic nitrogens is 2. The van der Waals surface area contributed by atoms with E-state index in [4.69, 9.17) is 4.74 Å². The number of esters is 1. The van der Waals surface area contributed by atoms with Crippen molar-refractivity contribution in [3.8, 4) is 0 Å². The Balaban J connectivity index is 1.40. The second-order valence-corrected chi connectivity index (χ2v) is 7.14. The number of thiophene rings is 1. The van der Waals surface area contributed by atoms with Gasteiger partial charge in [0.05, 0.1) is 17.4 Å². The van der Waals surface area contributed by atoms with Crippen molar-refractivity contribution in [2.24, 2.45) is 11.8 Å². The number of likely N-dealkylation sites (tertiary alicyclic amines) is 1. The van der Waals surface area contributed by atoms with Gasteiger partial charge in [-0.2, -0.15) is 0 Å². The van der Waals surface area contributed by atoms with Crippen molar-refractivity contribution in [1.82, 2.24) is 14.9 Å². The van der Waals surface area contributed by atoms with Gasteiger partial charge in [0, 0.05) is 0 Å². The van der Waals surface area contributed by atoms with Crippen LogP contribution < -0.4 is 5.56 Å². The minimum Gasteiger partial charge on any atom is -0.456 e. The fourth-order valence-corrected chi connectivity index (χ4v) is 4.06. The highest BCUT2D eigenvalue weighted by atomic mass is 32.1. The van der Waals surface area contributed by atoms with E-state index in [0.29, 0.717) is 23.1 Å². The van der Waals surface area contributed by atoms with Gasteiger partial charge in [-0.05, 0) is 24.3 Å². The van der Waals surface area contributed by atoms with Gasteiger partial charge < -0.3 is 9.72 Å². The molecule has 9 heteroatoms. The summed E-state index contributed by atoms with van der Waals surface area (Å²) >= 11 is 1.28. The largest absolute Gasteiger partial charge is 0.456 e. The van der Waals surface area contributed by atoms with E-state index in [-0.39, 0.29) is 41.6 Å². The zero-order chi connectivity index (χ0) is 18.3. The number of allylic oxidation sites excluding steroid dienone is 2. The summed E-state index contributed by atoms with van der Waals surface area (Å²) in [5, 5.41) is 1.75. The summed E-state index contributed by atoms with van der Waals surface area (Å²) in [5.41, 5.74) is 0.240. The summed E-state index contributed by atoms with van der Waals surface area (Å²) in [6.45, 7) is -0.653. The highest BCUT2D eigenvalue weighted by Gasteiger charge is 2.47. The van der Waals surface area contributed by atoms with E-state index in [9.17, 15) is 19.2 Å². The predicted molar refractivity (Wildman–Crippen MR) is 92.1 cm³/mol. The van der Waals surface area contributed by atoms with Crippen molar-refractivity contribution in [1.29, 1.82) is 0 Å². The Labute approximate surface area is 151 Å². The fraction of sp³-hybridized carbons (Fsp3) is 0.353. The van der Waals surface area contributed by atoms with Gasteiger partial charge in [0.1, 0.15) is 23.7 Å². The smallest absolute Gasteiger partial charge is 0.326 e. The molecule has 1 aliphatic heterocycles. The average molecular weight is 373 g/mol. The van der Waals surface area contributed by atoms with Gasteiger partial charge in [-0.25, -0.2) is 4.98 Å². The van der Waals surface area contributed by atoms with Gasteiger partial charge in [0.15, 0.2) is 0 Å². The SMILES string of the molecule is O=C(CN1C(=O)[C@H]2CC=CC[C@H]2C1=O)OCc1nc2ccsc2c(=O)[nH]1. The fourth-order valence-electron chi connectivity index (χ4n) is 3.34. The van der Waals surface area contributed by atoms with Gasteiger partial charge in [-0.3, -0.25) is 24.1 Å². The molecule has 134 valence electrons. The highest BCUT2D eigenvalue weighted by molar-refractivity contribution is 7.17. The Hall–Kier alpha value is -2.81. The van der Waals surface area contributed by atoms with E-state index in [2.05, 4.69) is 9.97 Å². The molecule has 1 saturated heterocycles. The average Bonchev–Trinajstić information content (AvgIpc) is 3.20.